The lowest BCUT2D eigenvalue weighted by molar-refractivity contribution is 0.0788. The van der Waals surface area contributed by atoms with Crippen molar-refractivity contribution in [3.05, 3.63) is 53.6 Å². The van der Waals surface area contributed by atoms with E-state index in [1.54, 1.807) is 35.2 Å². The molecule has 2 amide bonds. The van der Waals surface area contributed by atoms with E-state index < -0.39 is 10.0 Å². The number of anilines is 1. The highest BCUT2D eigenvalue weighted by atomic mass is 32.2. The summed E-state index contributed by atoms with van der Waals surface area (Å²) >= 11 is 1.40. The predicted molar refractivity (Wildman–Crippen MR) is 132 cm³/mol. The van der Waals surface area contributed by atoms with Gasteiger partial charge in [-0.05, 0) is 62.3 Å². The van der Waals surface area contributed by atoms with E-state index in [1.165, 1.54) is 23.9 Å². The molecule has 182 valence electrons. The molecule has 0 unspecified atom stereocenters. The number of ether oxygens (including phenoxy) is 1. The van der Waals surface area contributed by atoms with E-state index >= 15 is 0 Å². The van der Waals surface area contributed by atoms with Crippen molar-refractivity contribution in [2.75, 3.05) is 37.2 Å². The molecule has 0 aliphatic carbocycles. The molecule has 34 heavy (non-hydrogen) atoms. The molecule has 2 aliphatic rings. The summed E-state index contributed by atoms with van der Waals surface area (Å²) in [4.78, 5) is 28.2. The fourth-order valence-electron chi connectivity index (χ4n) is 4.19. The number of likely N-dealkylation sites (tertiary alicyclic amines) is 1. The molecular weight excluding hydrogens is 474 g/mol. The van der Waals surface area contributed by atoms with E-state index in [9.17, 15) is 18.0 Å². The number of benzene rings is 2. The molecule has 1 atom stereocenters. The summed E-state index contributed by atoms with van der Waals surface area (Å²) in [5.74, 6) is -0.538. The predicted octanol–water partition coefficient (Wildman–Crippen LogP) is 3.35. The van der Waals surface area contributed by atoms with Gasteiger partial charge in [-0.25, -0.2) is 8.42 Å². The number of nitrogens with one attached hydrogen (secondary N) is 2. The molecule has 2 fully saturated rings. The number of sulfonamides is 1. The fourth-order valence-corrected chi connectivity index (χ4v) is 5.87. The van der Waals surface area contributed by atoms with Crippen molar-refractivity contribution >= 4 is 39.3 Å². The molecule has 2 heterocycles. The van der Waals surface area contributed by atoms with Gasteiger partial charge in [-0.2, -0.15) is 0 Å². The number of hydrogen-bond donors (Lipinski definition) is 2. The third-order valence-corrected chi connectivity index (χ3v) is 8.19. The maximum Gasteiger partial charge on any atom is 0.261 e. The largest absolute Gasteiger partial charge is 0.376 e. The highest BCUT2D eigenvalue weighted by molar-refractivity contribution is 7.98. The summed E-state index contributed by atoms with van der Waals surface area (Å²) in [5.41, 5.74) is 0.770. The van der Waals surface area contributed by atoms with Crippen molar-refractivity contribution in [2.24, 2.45) is 0 Å². The van der Waals surface area contributed by atoms with E-state index in [1.807, 2.05) is 6.26 Å². The third kappa shape index (κ3) is 5.56. The summed E-state index contributed by atoms with van der Waals surface area (Å²) in [7, 11) is -4.04. The molecule has 2 aromatic carbocycles. The number of carbonyl (C=O) groups excluding carboxylic acids is 2. The number of hydrogen-bond acceptors (Lipinski definition) is 6. The number of carbonyl (C=O) groups is 2. The minimum absolute atomic E-state index is 0.0191. The van der Waals surface area contributed by atoms with Gasteiger partial charge in [-0.3, -0.25) is 14.3 Å². The summed E-state index contributed by atoms with van der Waals surface area (Å²) < 4.78 is 34.6. The highest BCUT2D eigenvalue weighted by Gasteiger charge is 2.25. The minimum Gasteiger partial charge on any atom is -0.376 e. The van der Waals surface area contributed by atoms with Crippen molar-refractivity contribution in [2.45, 2.75) is 41.6 Å². The zero-order valence-electron chi connectivity index (χ0n) is 19.1. The quantitative estimate of drug-likeness (QED) is 0.536. The van der Waals surface area contributed by atoms with Gasteiger partial charge in [0.05, 0.1) is 27.8 Å². The lowest BCUT2D eigenvalue weighted by Gasteiger charge is -2.18. The maximum atomic E-state index is 13.2. The van der Waals surface area contributed by atoms with Crippen molar-refractivity contribution in [1.82, 2.24) is 10.2 Å². The Balaban J connectivity index is 1.55. The monoisotopic (exact) mass is 503 g/mol. The summed E-state index contributed by atoms with van der Waals surface area (Å²) in [6, 6.07) is 11.0. The first-order valence-electron chi connectivity index (χ1n) is 11.4. The Morgan fingerprint density at radius 2 is 1.85 bits per heavy atom. The van der Waals surface area contributed by atoms with Gasteiger partial charge < -0.3 is 15.0 Å². The van der Waals surface area contributed by atoms with Crippen molar-refractivity contribution in [3.8, 4) is 0 Å². The fraction of sp³-hybridized carbons (Fsp3) is 0.417. The number of rotatable bonds is 8. The molecule has 2 saturated heterocycles. The van der Waals surface area contributed by atoms with Crippen LogP contribution in [-0.4, -0.2) is 63.7 Å². The molecule has 8 nitrogen and oxygen atoms in total. The van der Waals surface area contributed by atoms with Crippen LogP contribution >= 0.6 is 11.8 Å². The Morgan fingerprint density at radius 3 is 2.56 bits per heavy atom. The molecule has 0 bridgehead atoms. The molecule has 0 saturated carbocycles. The molecule has 0 aromatic heterocycles. The topological polar surface area (TPSA) is 105 Å². The number of thioether (sulfide) groups is 1. The molecule has 2 aromatic rings. The van der Waals surface area contributed by atoms with Gasteiger partial charge in [0.1, 0.15) is 0 Å². The van der Waals surface area contributed by atoms with Gasteiger partial charge in [0.25, 0.3) is 21.8 Å². The Morgan fingerprint density at radius 1 is 1.09 bits per heavy atom. The van der Waals surface area contributed by atoms with Crippen molar-refractivity contribution in [1.29, 1.82) is 0 Å². The van der Waals surface area contributed by atoms with Crippen molar-refractivity contribution < 1.29 is 22.7 Å². The van der Waals surface area contributed by atoms with Gasteiger partial charge in [-0.1, -0.05) is 12.1 Å². The van der Waals surface area contributed by atoms with Crippen LogP contribution in [0.25, 0.3) is 0 Å². The van der Waals surface area contributed by atoms with E-state index in [0.29, 0.717) is 31.8 Å². The van der Waals surface area contributed by atoms with Gasteiger partial charge in [-0.15, -0.1) is 11.8 Å². The second-order valence-corrected chi connectivity index (χ2v) is 10.9. The summed E-state index contributed by atoms with van der Waals surface area (Å²) in [6.45, 7) is 2.42. The first kappa shape index (κ1) is 24.6. The van der Waals surface area contributed by atoms with E-state index in [4.69, 9.17) is 4.74 Å². The van der Waals surface area contributed by atoms with Crippen LogP contribution in [0.15, 0.2) is 52.3 Å². The third-order valence-electron chi connectivity index (χ3n) is 6.04. The van der Waals surface area contributed by atoms with Gasteiger partial charge >= 0.3 is 0 Å². The smallest absolute Gasteiger partial charge is 0.261 e. The van der Waals surface area contributed by atoms with Crippen LogP contribution in [0, 0.1) is 0 Å². The zero-order chi connectivity index (χ0) is 24.1. The summed E-state index contributed by atoms with van der Waals surface area (Å²) in [5, 5.41) is 2.83. The van der Waals surface area contributed by atoms with Gasteiger partial charge in [0.2, 0.25) is 0 Å². The molecular formula is C24H29N3O5S2. The number of amides is 2. The van der Waals surface area contributed by atoms with Crippen LogP contribution in [0.4, 0.5) is 5.69 Å². The van der Waals surface area contributed by atoms with Gasteiger partial charge in [0.15, 0.2) is 0 Å². The Bertz CT molecular complexity index is 1160. The van der Waals surface area contributed by atoms with Crippen molar-refractivity contribution in [3.63, 3.8) is 0 Å². The SMILES string of the molecule is CSc1ccc(S(=O)(=O)Nc2ccccc2C(=O)NC[C@@H]2CCCO2)cc1C(=O)N1CCCC1. The molecule has 10 heteroatoms. The number of para-hydroxylation sites is 1. The lowest BCUT2D eigenvalue weighted by Crippen LogP contribution is -2.32. The van der Waals surface area contributed by atoms with Gasteiger partial charge in [0, 0.05) is 31.1 Å². The average Bonchev–Trinajstić information content (AvgIpc) is 3.56. The molecule has 0 radical (unpaired) electrons. The van der Waals surface area contributed by atoms with E-state index in [2.05, 4.69) is 10.0 Å². The number of nitrogens with zero attached hydrogens (tertiary/aromatic N) is 1. The highest BCUT2D eigenvalue weighted by Crippen LogP contribution is 2.28. The Labute approximate surface area is 204 Å². The second kappa shape index (κ2) is 10.8. The second-order valence-electron chi connectivity index (χ2n) is 8.36. The lowest BCUT2D eigenvalue weighted by atomic mass is 10.1. The van der Waals surface area contributed by atoms with Crippen LogP contribution in [0.1, 0.15) is 46.4 Å². The molecule has 4 rings (SSSR count). The van der Waals surface area contributed by atoms with Crippen LogP contribution < -0.4 is 10.0 Å². The summed E-state index contributed by atoms with van der Waals surface area (Å²) in [6.07, 6.45) is 5.59. The normalized spacial score (nSPS) is 18.1. The zero-order valence-corrected chi connectivity index (χ0v) is 20.7. The van der Waals surface area contributed by atoms with E-state index in [-0.39, 0.29) is 34.1 Å². The first-order chi connectivity index (χ1) is 16.4. The van der Waals surface area contributed by atoms with Crippen LogP contribution in [0.2, 0.25) is 0 Å². The minimum atomic E-state index is -4.04. The average molecular weight is 504 g/mol. The maximum absolute atomic E-state index is 13.2. The molecule has 2 aliphatic heterocycles. The molecule has 0 spiro atoms. The van der Waals surface area contributed by atoms with E-state index in [0.717, 1.165) is 30.6 Å². The van der Waals surface area contributed by atoms with Crippen LogP contribution in [0.3, 0.4) is 0 Å². The molecule has 2 N–H and O–H groups in total. The first-order valence-corrected chi connectivity index (χ1v) is 14.1. The van der Waals surface area contributed by atoms with Crippen LogP contribution in [0.5, 0.6) is 0 Å². The Kier molecular flexibility index (Phi) is 7.80. The Hall–Kier alpha value is -2.56. The standard InChI is InChI=1S/C24H29N3O5S2/c1-33-22-11-10-18(15-20(22)24(29)27-12-4-5-13-27)34(30,31)26-21-9-3-2-8-19(21)23(28)25-16-17-7-6-14-32-17/h2-3,8-11,15,17,26H,4-7,12-14,16H2,1H3,(H,25,28)/t17-/m0/s1. The van der Waals surface area contributed by atoms with Crippen LogP contribution in [-0.2, 0) is 14.8 Å².